The summed E-state index contributed by atoms with van der Waals surface area (Å²) in [6.45, 7) is 2.38. The van der Waals surface area contributed by atoms with Gasteiger partial charge in [0, 0.05) is 36.5 Å². The van der Waals surface area contributed by atoms with Gasteiger partial charge in [0.1, 0.15) is 12.4 Å². The molecular weight excluding hydrogens is 462 g/mol. The van der Waals surface area contributed by atoms with Crippen molar-refractivity contribution < 1.29 is 9.59 Å². The van der Waals surface area contributed by atoms with Crippen LogP contribution in [0.4, 0.5) is 11.4 Å². The molecule has 3 heterocycles. The third-order valence-electron chi connectivity index (χ3n) is 6.32. The molecule has 1 fully saturated rings. The Morgan fingerprint density at radius 2 is 2.03 bits per heavy atom. The molecule has 1 atom stereocenters. The van der Waals surface area contributed by atoms with Crippen LogP contribution in [0.3, 0.4) is 0 Å². The number of hydrogen-bond acceptors (Lipinski definition) is 7. The molecule has 178 valence electrons. The molecular formula is C25H25N7O2S. The van der Waals surface area contributed by atoms with E-state index in [1.54, 1.807) is 35.8 Å². The van der Waals surface area contributed by atoms with E-state index >= 15 is 0 Å². The van der Waals surface area contributed by atoms with Gasteiger partial charge in [0.2, 0.25) is 11.7 Å². The summed E-state index contributed by atoms with van der Waals surface area (Å²) in [5, 5.41) is 16.3. The fourth-order valence-corrected chi connectivity index (χ4v) is 5.48. The van der Waals surface area contributed by atoms with Crippen LogP contribution in [-0.2, 0) is 11.3 Å². The van der Waals surface area contributed by atoms with Gasteiger partial charge in [-0.1, -0.05) is 18.2 Å². The van der Waals surface area contributed by atoms with Crippen molar-refractivity contribution in [1.82, 2.24) is 20.1 Å². The van der Waals surface area contributed by atoms with E-state index in [9.17, 15) is 14.9 Å². The number of likely N-dealkylation sites (N-methyl/N-ethyl adjacent to an activating group) is 1. The molecule has 10 heteroatoms. The van der Waals surface area contributed by atoms with E-state index in [1.165, 1.54) is 23.9 Å². The third-order valence-corrected chi connectivity index (χ3v) is 7.48. The average Bonchev–Trinajstić information content (AvgIpc) is 3.57. The van der Waals surface area contributed by atoms with Crippen molar-refractivity contribution in [3.05, 3.63) is 65.7 Å². The Bertz CT molecular complexity index is 1310. The van der Waals surface area contributed by atoms with Crippen LogP contribution in [0.5, 0.6) is 0 Å². The number of fused-ring (bicyclic) bond motifs is 1. The molecule has 35 heavy (non-hydrogen) atoms. The number of aromatic nitrogens is 3. The molecule has 0 aliphatic carbocycles. The Morgan fingerprint density at radius 1 is 1.23 bits per heavy atom. The normalized spacial score (nSPS) is 17.6. The minimum Gasteiger partial charge on any atom is -0.371 e. The summed E-state index contributed by atoms with van der Waals surface area (Å²) in [6.07, 6.45) is 3.82. The number of anilines is 2. The van der Waals surface area contributed by atoms with E-state index in [4.69, 9.17) is 0 Å². The number of hydrogen-bond donors (Lipinski definition) is 1. The number of nitrogens with zero attached hydrogens (tertiary/aromatic N) is 6. The predicted molar refractivity (Wildman–Crippen MR) is 134 cm³/mol. The van der Waals surface area contributed by atoms with Crippen LogP contribution in [0.1, 0.15) is 34.6 Å². The van der Waals surface area contributed by atoms with Gasteiger partial charge in [0.25, 0.3) is 5.91 Å². The molecule has 0 radical (unpaired) electrons. The smallest absolute Gasteiger partial charge is 0.291 e. The average molecular weight is 488 g/mol. The highest BCUT2D eigenvalue weighted by Gasteiger charge is 2.31. The van der Waals surface area contributed by atoms with E-state index in [2.05, 4.69) is 44.6 Å². The minimum absolute atomic E-state index is 0.0158. The molecule has 2 aliphatic heterocycles. The predicted octanol–water partition coefficient (Wildman–Crippen LogP) is 2.67. The Morgan fingerprint density at radius 3 is 2.83 bits per heavy atom. The number of amides is 2. The number of thioether (sulfide) groups is 1. The molecule has 0 bridgehead atoms. The Labute approximate surface area is 207 Å². The maximum Gasteiger partial charge on any atom is 0.291 e. The highest BCUT2D eigenvalue weighted by molar-refractivity contribution is 7.99. The number of nitrogens with one attached hydrogen (secondary N) is 1. The molecule has 2 aromatic carbocycles. The van der Waals surface area contributed by atoms with Crippen LogP contribution < -0.4 is 15.1 Å². The van der Waals surface area contributed by atoms with Gasteiger partial charge >= 0.3 is 0 Å². The molecule has 0 unspecified atom stereocenters. The van der Waals surface area contributed by atoms with Crippen LogP contribution >= 0.6 is 11.8 Å². The van der Waals surface area contributed by atoms with Crippen molar-refractivity contribution in [2.24, 2.45) is 0 Å². The summed E-state index contributed by atoms with van der Waals surface area (Å²) < 4.78 is 1.51. The zero-order chi connectivity index (χ0) is 24.4. The second-order valence-corrected chi connectivity index (χ2v) is 9.68. The maximum absolute atomic E-state index is 13.2. The molecule has 1 aromatic heterocycles. The van der Waals surface area contributed by atoms with E-state index in [0.29, 0.717) is 17.9 Å². The number of carbonyl (C=O) groups is 2. The van der Waals surface area contributed by atoms with Crippen molar-refractivity contribution in [2.45, 2.75) is 30.3 Å². The van der Waals surface area contributed by atoms with Gasteiger partial charge in [-0.15, -0.1) is 16.9 Å². The Balaban J connectivity index is 1.28. The van der Waals surface area contributed by atoms with E-state index in [-0.39, 0.29) is 11.7 Å². The lowest BCUT2D eigenvalue weighted by molar-refractivity contribution is -0.119. The minimum atomic E-state index is -0.702. The summed E-state index contributed by atoms with van der Waals surface area (Å²) in [4.78, 5) is 35.2. The molecule has 0 spiro atoms. The second kappa shape index (κ2) is 9.80. The largest absolute Gasteiger partial charge is 0.371 e. The number of benzene rings is 2. The van der Waals surface area contributed by atoms with Crippen LogP contribution in [0.15, 0.2) is 53.7 Å². The first kappa shape index (κ1) is 22.9. The van der Waals surface area contributed by atoms with Crippen molar-refractivity contribution in [2.75, 3.05) is 35.7 Å². The first-order valence-corrected chi connectivity index (χ1v) is 12.5. The second-order valence-electron chi connectivity index (χ2n) is 8.62. The first-order chi connectivity index (χ1) is 17.0. The molecule has 9 nitrogen and oxygen atoms in total. The lowest BCUT2D eigenvalue weighted by atomic mass is 10.1. The Hall–Kier alpha value is -3.84. The molecule has 1 saturated heterocycles. The molecule has 0 saturated carbocycles. The summed E-state index contributed by atoms with van der Waals surface area (Å²) in [6, 6.07) is 14.9. The van der Waals surface area contributed by atoms with Crippen molar-refractivity contribution in [3.63, 3.8) is 0 Å². The van der Waals surface area contributed by atoms with E-state index in [1.807, 2.05) is 12.1 Å². The molecule has 3 aromatic rings. The first-order valence-electron chi connectivity index (χ1n) is 11.5. The van der Waals surface area contributed by atoms with Gasteiger partial charge in [-0.2, -0.15) is 5.26 Å². The van der Waals surface area contributed by atoms with Crippen molar-refractivity contribution >= 4 is 35.0 Å². The zero-order valence-corrected chi connectivity index (χ0v) is 20.2. The topological polar surface area (TPSA) is 107 Å². The van der Waals surface area contributed by atoms with Crippen LogP contribution in [-0.4, -0.2) is 58.5 Å². The Kier molecular flexibility index (Phi) is 6.42. The highest BCUT2D eigenvalue weighted by Crippen LogP contribution is 2.37. The van der Waals surface area contributed by atoms with Crippen molar-refractivity contribution in [1.29, 1.82) is 5.26 Å². The van der Waals surface area contributed by atoms with Crippen molar-refractivity contribution in [3.8, 4) is 6.07 Å². The molecule has 5 rings (SSSR count). The summed E-state index contributed by atoms with van der Waals surface area (Å²) in [7, 11) is 1.75. The van der Waals surface area contributed by atoms with Crippen LogP contribution in [0, 0.1) is 11.3 Å². The fourth-order valence-electron chi connectivity index (χ4n) is 4.40. The third kappa shape index (κ3) is 4.72. The lowest BCUT2D eigenvalue weighted by Crippen LogP contribution is -2.48. The number of nitriles is 1. The van der Waals surface area contributed by atoms with Gasteiger partial charge < -0.3 is 15.1 Å². The van der Waals surface area contributed by atoms with E-state index < -0.39 is 11.9 Å². The van der Waals surface area contributed by atoms with Gasteiger partial charge in [-0.3, -0.25) is 9.59 Å². The van der Waals surface area contributed by atoms with Gasteiger partial charge in [-0.25, -0.2) is 9.67 Å². The number of carbonyl (C=O) groups excluding carboxylic acids is 2. The molecule has 2 amide bonds. The van der Waals surface area contributed by atoms with E-state index in [0.717, 1.165) is 34.9 Å². The monoisotopic (exact) mass is 487 g/mol. The number of rotatable bonds is 5. The summed E-state index contributed by atoms with van der Waals surface area (Å²) >= 11 is 1.55. The fraction of sp³-hybridized carbons (Fsp3) is 0.320. The van der Waals surface area contributed by atoms with Gasteiger partial charge in [0.15, 0.2) is 0 Å². The molecule has 2 aliphatic rings. The van der Waals surface area contributed by atoms with Crippen LogP contribution in [0.2, 0.25) is 0 Å². The summed E-state index contributed by atoms with van der Waals surface area (Å²) in [5.41, 5.74) is 3.32. The standard InChI is InChI=1S/C25H25N7O2S/c1-30-21-12-19(31-10-4-5-11-31)8-9-22(21)35-15-20(25(30)34)28-24(33)23-27-16-32(29-23)14-18-7-3-2-6-17(18)13-26/h2-3,6-9,12,16,20H,4-5,10-11,14-15H2,1H3,(H,28,33)/t20-/m0/s1. The highest BCUT2D eigenvalue weighted by atomic mass is 32.2. The SMILES string of the molecule is CN1C(=O)[C@@H](NC(=O)c2ncn(Cc3ccccc3C#N)n2)CSc2ccc(N3CCCC3)cc21. The maximum atomic E-state index is 13.2. The van der Waals surface area contributed by atoms with Gasteiger partial charge in [-0.05, 0) is 42.7 Å². The zero-order valence-electron chi connectivity index (χ0n) is 19.3. The quantitative estimate of drug-likeness (QED) is 0.590. The summed E-state index contributed by atoms with van der Waals surface area (Å²) in [5.74, 6) is -0.279. The lowest BCUT2D eigenvalue weighted by Gasteiger charge is -2.24. The van der Waals surface area contributed by atoms with Crippen LogP contribution in [0.25, 0.3) is 0 Å². The molecule has 1 N–H and O–H groups in total. The van der Waals surface area contributed by atoms with Gasteiger partial charge in [0.05, 0.1) is 23.9 Å².